The number of ether oxygens (including phenoxy) is 1. The number of furan rings is 1. The zero-order valence-corrected chi connectivity index (χ0v) is 7.95. The Morgan fingerprint density at radius 1 is 1.71 bits per heavy atom. The molecule has 1 N–H and O–H groups in total. The Labute approximate surface area is 81.5 Å². The summed E-state index contributed by atoms with van der Waals surface area (Å²) in [6.45, 7) is 0.404. The van der Waals surface area contributed by atoms with E-state index in [1.165, 1.54) is 6.26 Å². The molecule has 1 aromatic heterocycles. The average molecular weight is 196 g/mol. The maximum Gasteiger partial charge on any atom is 0.317 e. The highest BCUT2D eigenvalue weighted by Gasteiger charge is 2.55. The minimum Gasteiger partial charge on any atom is -0.480 e. The Morgan fingerprint density at radius 2 is 2.43 bits per heavy atom. The molecular weight excluding hydrogens is 184 g/mol. The van der Waals surface area contributed by atoms with E-state index in [-0.39, 0.29) is 0 Å². The van der Waals surface area contributed by atoms with Crippen molar-refractivity contribution < 1.29 is 19.1 Å². The van der Waals surface area contributed by atoms with E-state index < -0.39 is 11.4 Å². The summed E-state index contributed by atoms with van der Waals surface area (Å²) in [7, 11) is 1.58. The smallest absolute Gasteiger partial charge is 0.317 e. The molecule has 1 saturated carbocycles. The lowest BCUT2D eigenvalue weighted by Gasteiger charge is -2.08. The van der Waals surface area contributed by atoms with Gasteiger partial charge in [0.2, 0.25) is 0 Å². The molecule has 1 fully saturated rings. The summed E-state index contributed by atoms with van der Waals surface area (Å²) >= 11 is 0. The van der Waals surface area contributed by atoms with Crippen molar-refractivity contribution >= 4 is 5.97 Å². The third kappa shape index (κ3) is 1.23. The number of carbonyl (C=O) groups is 1. The van der Waals surface area contributed by atoms with Crippen LogP contribution in [0.15, 0.2) is 16.7 Å². The molecule has 4 heteroatoms. The SMILES string of the molecule is COCc1ccoc1C1(C(=O)O)CC1. The summed E-state index contributed by atoms with van der Waals surface area (Å²) in [5.41, 5.74) is 0.0737. The standard InChI is InChI=1S/C10H12O4/c1-13-6-7-2-5-14-8(7)10(3-4-10)9(11)12/h2,5H,3-4,6H2,1H3,(H,11,12). The molecule has 1 aromatic rings. The van der Waals surface area contributed by atoms with Crippen LogP contribution in [-0.4, -0.2) is 18.2 Å². The van der Waals surface area contributed by atoms with Crippen molar-refractivity contribution in [1.29, 1.82) is 0 Å². The fraction of sp³-hybridized carbons (Fsp3) is 0.500. The maximum atomic E-state index is 11.0. The molecule has 0 spiro atoms. The quantitative estimate of drug-likeness (QED) is 0.793. The largest absolute Gasteiger partial charge is 0.480 e. The molecular formula is C10H12O4. The average Bonchev–Trinajstić information content (AvgIpc) is 2.83. The summed E-state index contributed by atoms with van der Waals surface area (Å²) < 4.78 is 10.2. The van der Waals surface area contributed by atoms with Crippen molar-refractivity contribution in [2.24, 2.45) is 0 Å². The van der Waals surface area contributed by atoms with E-state index in [1.54, 1.807) is 13.2 Å². The Hall–Kier alpha value is -1.29. The van der Waals surface area contributed by atoms with Crippen LogP contribution in [0.2, 0.25) is 0 Å². The second-order valence-electron chi connectivity index (χ2n) is 3.60. The minimum atomic E-state index is -0.801. The van der Waals surface area contributed by atoms with E-state index >= 15 is 0 Å². The number of hydrogen-bond acceptors (Lipinski definition) is 3. The molecule has 0 unspecified atom stereocenters. The van der Waals surface area contributed by atoms with E-state index in [9.17, 15) is 4.79 Å². The molecule has 14 heavy (non-hydrogen) atoms. The Morgan fingerprint density at radius 3 is 2.93 bits per heavy atom. The van der Waals surface area contributed by atoms with E-state index in [1.807, 2.05) is 0 Å². The van der Waals surface area contributed by atoms with Gasteiger partial charge in [-0.2, -0.15) is 0 Å². The summed E-state index contributed by atoms with van der Waals surface area (Å²) in [6, 6.07) is 1.77. The van der Waals surface area contributed by atoms with Gasteiger partial charge in [0.15, 0.2) is 0 Å². The van der Waals surface area contributed by atoms with Crippen molar-refractivity contribution in [3.05, 3.63) is 23.7 Å². The highest BCUT2D eigenvalue weighted by Crippen LogP contribution is 2.49. The normalized spacial score (nSPS) is 18.1. The van der Waals surface area contributed by atoms with Crippen molar-refractivity contribution in [3.63, 3.8) is 0 Å². The molecule has 1 heterocycles. The third-order valence-electron chi connectivity index (χ3n) is 2.64. The van der Waals surface area contributed by atoms with Crippen LogP contribution < -0.4 is 0 Å². The van der Waals surface area contributed by atoms with E-state index in [0.29, 0.717) is 25.2 Å². The van der Waals surface area contributed by atoms with Crippen LogP contribution in [0.25, 0.3) is 0 Å². The fourth-order valence-corrected chi connectivity index (χ4v) is 1.69. The van der Waals surface area contributed by atoms with Gasteiger partial charge in [-0.25, -0.2) is 0 Å². The lowest BCUT2D eigenvalue weighted by Crippen LogP contribution is -2.20. The van der Waals surface area contributed by atoms with Crippen LogP contribution in [0.4, 0.5) is 0 Å². The van der Waals surface area contributed by atoms with Gasteiger partial charge in [-0.3, -0.25) is 4.79 Å². The topological polar surface area (TPSA) is 59.7 Å². The van der Waals surface area contributed by atoms with Crippen LogP contribution in [0.5, 0.6) is 0 Å². The van der Waals surface area contributed by atoms with Crippen LogP contribution in [-0.2, 0) is 21.6 Å². The lowest BCUT2D eigenvalue weighted by atomic mass is 10.0. The molecule has 0 saturated heterocycles. The van der Waals surface area contributed by atoms with Crippen molar-refractivity contribution in [3.8, 4) is 0 Å². The predicted molar refractivity (Wildman–Crippen MR) is 48.0 cm³/mol. The van der Waals surface area contributed by atoms with E-state index in [4.69, 9.17) is 14.3 Å². The van der Waals surface area contributed by atoms with Gasteiger partial charge < -0.3 is 14.3 Å². The number of methoxy groups -OCH3 is 1. The zero-order valence-electron chi connectivity index (χ0n) is 7.95. The molecule has 0 radical (unpaired) electrons. The lowest BCUT2D eigenvalue weighted by molar-refractivity contribution is -0.140. The van der Waals surface area contributed by atoms with Crippen LogP contribution in [0.1, 0.15) is 24.2 Å². The summed E-state index contributed by atoms with van der Waals surface area (Å²) in [5, 5.41) is 9.07. The van der Waals surface area contributed by atoms with Gasteiger partial charge in [0, 0.05) is 12.7 Å². The first-order valence-electron chi connectivity index (χ1n) is 4.50. The molecule has 0 aliphatic heterocycles. The Balaban J connectivity index is 2.32. The fourth-order valence-electron chi connectivity index (χ4n) is 1.69. The molecule has 0 atom stereocenters. The third-order valence-corrected chi connectivity index (χ3v) is 2.64. The van der Waals surface area contributed by atoms with Crippen LogP contribution in [0, 0.1) is 0 Å². The van der Waals surface area contributed by atoms with Gasteiger partial charge in [-0.1, -0.05) is 0 Å². The molecule has 2 rings (SSSR count). The Kier molecular flexibility index (Phi) is 2.07. The van der Waals surface area contributed by atoms with Crippen molar-refractivity contribution in [1.82, 2.24) is 0 Å². The number of rotatable bonds is 4. The highest BCUT2D eigenvalue weighted by molar-refractivity contribution is 5.84. The first-order chi connectivity index (χ1) is 6.70. The van der Waals surface area contributed by atoms with Gasteiger partial charge >= 0.3 is 5.97 Å². The second kappa shape index (κ2) is 3.13. The number of aliphatic carboxylic acids is 1. The van der Waals surface area contributed by atoms with Gasteiger partial charge in [0.05, 0.1) is 12.9 Å². The molecule has 0 aromatic carbocycles. The molecule has 4 nitrogen and oxygen atoms in total. The number of hydrogen-bond donors (Lipinski definition) is 1. The Bertz CT molecular complexity index is 349. The minimum absolute atomic E-state index is 0.404. The predicted octanol–water partition coefficient (Wildman–Crippen LogP) is 1.54. The highest BCUT2D eigenvalue weighted by atomic mass is 16.5. The first kappa shape index (κ1) is 9.27. The second-order valence-corrected chi connectivity index (χ2v) is 3.60. The molecule has 0 bridgehead atoms. The number of carboxylic acid groups (broad SMARTS) is 1. The molecule has 0 amide bonds. The van der Waals surface area contributed by atoms with Crippen molar-refractivity contribution in [2.45, 2.75) is 24.9 Å². The molecule has 1 aliphatic carbocycles. The van der Waals surface area contributed by atoms with E-state index in [2.05, 4.69) is 0 Å². The molecule has 1 aliphatic rings. The van der Waals surface area contributed by atoms with Gasteiger partial charge in [0.1, 0.15) is 11.2 Å². The zero-order chi connectivity index (χ0) is 10.2. The summed E-state index contributed by atoms with van der Waals surface area (Å²) in [5.74, 6) is -0.239. The van der Waals surface area contributed by atoms with E-state index in [0.717, 1.165) is 5.56 Å². The summed E-state index contributed by atoms with van der Waals surface area (Å²) in [4.78, 5) is 11.0. The van der Waals surface area contributed by atoms with Crippen LogP contribution >= 0.6 is 0 Å². The number of carboxylic acids is 1. The van der Waals surface area contributed by atoms with Crippen molar-refractivity contribution in [2.75, 3.05) is 7.11 Å². The first-order valence-corrected chi connectivity index (χ1v) is 4.50. The summed E-state index contributed by atoms with van der Waals surface area (Å²) in [6.07, 6.45) is 2.84. The molecule has 76 valence electrons. The van der Waals surface area contributed by atoms with Crippen LogP contribution in [0.3, 0.4) is 0 Å². The van der Waals surface area contributed by atoms with Gasteiger partial charge in [-0.05, 0) is 18.9 Å². The van der Waals surface area contributed by atoms with Gasteiger partial charge in [-0.15, -0.1) is 0 Å². The van der Waals surface area contributed by atoms with Gasteiger partial charge in [0.25, 0.3) is 0 Å². The maximum absolute atomic E-state index is 11.0. The monoisotopic (exact) mass is 196 g/mol.